The molecule has 27 heavy (non-hydrogen) atoms. The first kappa shape index (κ1) is 19.8. The van der Waals surface area contributed by atoms with Crippen LogP contribution >= 0.6 is 0 Å². The Morgan fingerprint density at radius 3 is 2.00 bits per heavy atom. The van der Waals surface area contributed by atoms with Crippen LogP contribution in [0.2, 0.25) is 0 Å². The predicted molar refractivity (Wildman–Crippen MR) is 98.0 cm³/mol. The summed E-state index contributed by atoms with van der Waals surface area (Å²) in [6, 6.07) is 5.46. The van der Waals surface area contributed by atoms with Crippen LogP contribution in [0.4, 0.5) is 4.39 Å². The molecule has 2 saturated heterocycles. The van der Waals surface area contributed by atoms with Crippen molar-refractivity contribution < 1.29 is 22.4 Å². The minimum Gasteiger partial charge on any atom is -0.340 e. The topological polar surface area (TPSA) is 78.0 Å². The molecule has 3 rings (SSSR count). The lowest BCUT2D eigenvalue weighted by Crippen LogP contribution is -2.52. The highest BCUT2D eigenvalue weighted by molar-refractivity contribution is 7.88. The fraction of sp³-hybridized carbons (Fsp3) is 0.556. The standard InChI is InChI=1S/C18H24FN3O4S/c1-27(25,26)22-12-10-21(11-13-22)18(24)15-6-8-20(9-7-15)17(23)14-2-4-16(19)5-3-14/h2-5,15H,6-13H2,1H3. The van der Waals surface area contributed by atoms with Crippen LogP contribution in [0.15, 0.2) is 24.3 Å². The quantitative estimate of drug-likeness (QED) is 0.755. The van der Waals surface area contributed by atoms with Gasteiger partial charge < -0.3 is 9.80 Å². The molecule has 2 heterocycles. The molecule has 2 amide bonds. The second-order valence-corrected chi connectivity index (χ2v) is 9.04. The van der Waals surface area contributed by atoms with Crippen molar-refractivity contribution in [2.75, 3.05) is 45.5 Å². The molecule has 2 aliphatic rings. The van der Waals surface area contributed by atoms with Gasteiger partial charge in [0.05, 0.1) is 6.26 Å². The van der Waals surface area contributed by atoms with Crippen LogP contribution in [0.5, 0.6) is 0 Å². The Balaban J connectivity index is 1.51. The fourth-order valence-corrected chi connectivity index (χ4v) is 4.43. The molecule has 2 fully saturated rings. The average Bonchev–Trinajstić information content (AvgIpc) is 2.67. The Labute approximate surface area is 158 Å². The van der Waals surface area contributed by atoms with Gasteiger partial charge in [-0.15, -0.1) is 0 Å². The molecule has 0 radical (unpaired) electrons. The smallest absolute Gasteiger partial charge is 0.253 e. The first-order valence-electron chi connectivity index (χ1n) is 9.04. The van der Waals surface area contributed by atoms with E-state index in [0.29, 0.717) is 57.7 Å². The maximum absolute atomic E-state index is 13.0. The molecule has 7 nitrogen and oxygen atoms in total. The number of piperazine rings is 1. The van der Waals surface area contributed by atoms with Crippen molar-refractivity contribution >= 4 is 21.8 Å². The van der Waals surface area contributed by atoms with Crippen LogP contribution in [-0.4, -0.2) is 79.9 Å². The van der Waals surface area contributed by atoms with Crippen LogP contribution < -0.4 is 0 Å². The number of amides is 2. The van der Waals surface area contributed by atoms with Crippen LogP contribution in [0.3, 0.4) is 0 Å². The highest BCUT2D eigenvalue weighted by Gasteiger charge is 2.33. The molecule has 0 saturated carbocycles. The minimum absolute atomic E-state index is 0.0389. The number of benzene rings is 1. The lowest BCUT2D eigenvalue weighted by molar-refractivity contribution is -0.138. The van der Waals surface area contributed by atoms with E-state index in [1.807, 2.05) is 0 Å². The zero-order valence-electron chi connectivity index (χ0n) is 15.3. The van der Waals surface area contributed by atoms with Gasteiger partial charge in [0, 0.05) is 50.7 Å². The summed E-state index contributed by atoms with van der Waals surface area (Å²) in [7, 11) is -3.22. The van der Waals surface area contributed by atoms with Crippen LogP contribution in [0.25, 0.3) is 0 Å². The van der Waals surface area contributed by atoms with Crippen molar-refractivity contribution in [1.29, 1.82) is 0 Å². The van der Waals surface area contributed by atoms with Gasteiger partial charge in [-0.1, -0.05) is 0 Å². The Hall–Kier alpha value is -2.00. The summed E-state index contributed by atoms with van der Waals surface area (Å²) in [4.78, 5) is 28.6. The van der Waals surface area contributed by atoms with E-state index in [9.17, 15) is 22.4 Å². The van der Waals surface area contributed by atoms with Gasteiger partial charge in [0.1, 0.15) is 5.82 Å². The molecule has 9 heteroatoms. The number of sulfonamides is 1. The summed E-state index contributed by atoms with van der Waals surface area (Å²) < 4.78 is 37.5. The molecule has 0 spiro atoms. The SMILES string of the molecule is CS(=O)(=O)N1CCN(C(=O)C2CCN(C(=O)c3ccc(F)cc3)CC2)CC1. The Morgan fingerprint density at radius 1 is 0.926 bits per heavy atom. The third-order valence-electron chi connectivity index (χ3n) is 5.24. The third kappa shape index (κ3) is 4.65. The highest BCUT2D eigenvalue weighted by atomic mass is 32.2. The number of hydrogen-bond acceptors (Lipinski definition) is 4. The van der Waals surface area contributed by atoms with Crippen LogP contribution in [-0.2, 0) is 14.8 Å². The summed E-state index contributed by atoms with van der Waals surface area (Å²) in [6.45, 7) is 2.42. The highest BCUT2D eigenvalue weighted by Crippen LogP contribution is 2.22. The predicted octanol–water partition coefficient (Wildman–Crippen LogP) is 0.782. The van der Waals surface area contributed by atoms with Crippen molar-refractivity contribution in [2.45, 2.75) is 12.8 Å². The lowest BCUT2D eigenvalue weighted by atomic mass is 9.94. The Morgan fingerprint density at radius 2 is 1.48 bits per heavy atom. The summed E-state index contributed by atoms with van der Waals surface area (Å²) in [6.07, 6.45) is 2.34. The molecule has 1 aromatic rings. The molecule has 148 valence electrons. The molecule has 0 unspecified atom stereocenters. The van der Waals surface area contributed by atoms with E-state index in [1.54, 1.807) is 9.80 Å². The first-order valence-corrected chi connectivity index (χ1v) is 10.9. The van der Waals surface area contributed by atoms with Crippen molar-refractivity contribution in [3.63, 3.8) is 0 Å². The number of likely N-dealkylation sites (tertiary alicyclic amines) is 1. The molecule has 0 bridgehead atoms. The van der Waals surface area contributed by atoms with Crippen molar-refractivity contribution in [1.82, 2.24) is 14.1 Å². The van der Waals surface area contributed by atoms with Gasteiger partial charge in [-0.3, -0.25) is 9.59 Å². The number of carbonyl (C=O) groups is 2. The number of nitrogens with zero attached hydrogens (tertiary/aromatic N) is 3. The van der Waals surface area contributed by atoms with E-state index in [0.717, 1.165) is 0 Å². The van der Waals surface area contributed by atoms with Gasteiger partial charge in [-0.25, -0.2) is 12.8 Å². The molecule has 1 aromatic carbocycles. The molecular formula is C18H24FN3O4S. The van der Waals surface area contributed by atoms with Gasteiger partial charge in [0.2, 0.25) is 15.9 Å². The van der Waals surface area contributed by atoms with E-state index >= 15 is 0 Å². The third-order valence-corrected chi connectivity index (χ3v) is 6.55. The van der Waals surface area contributed by atoms with E-state index in [2.05, 4.69) is 0 Å². The first-order chi connectivity index (χ1) is 12.8. The average molecular weight is 397 g/mol. The van der Waals surface area contributed by atoms with Gasteiger partial charge in [0.25, 0.3) is 5.91 Å². The summed E-state index contributed by atoms with van der Waals surface area (Å²) in [5.41, 5.74) is 0.443. The van der Waals surface area contributed by atoms with Gasteiger partial charge in [0.15, 0.2) is 0 Å². The zero-order valence-corrected chi connectivity index (χ0v) is 16.1. The van der Waals surface area contributed by atoms with Crippen molar-refractivity contribution in [3.05, 3.63) is 35.6 Å². The van der Waals surface area contributed by atoms with E-state index in [-0.39, 0.29) is 23.5 Å². The van der Waals surface area contributed by atoms with Crippen molar-refractivity contribution in [3.8, 4) is 0 Å². The van der Waals surface area contributed by atoms with Gasteiger partial charge in [-0.05, 0) is 37.1 Å². The van der Waals surface area contributed by atoms with Gasteiger partial charge >= 0.3 is 0 Å². The number of carbonyl (C=O) groups excluding carboxylic acids is 2. The van der Waals surface area contributed by atoms with E-state index in [4.69, 9.17) is 0 Å². The van der Waals surface area contributed by atoms with E-state index in [1.165, 1.54) is 34.8 Å². The second kappa shape index (κ2) is 7.93. The van der Waals surface area contributed by atoms with E-state index < -0.39 is 10.0 Å². The molecule has 0 atom stereocenters. The maximum atomic E-state index is 13.0. The van der Waals surface area contributed by atoms with Gasteiger partial charge in [-0.2, -0.15) is 4.31 Å². The number of rotatable bonds is 3. The fourth-order valence-electron chi connectivity index (χ4n) is 3.60. The maximum Gasteiger partial charge on any atom is 0.253 e. The second-order valence-electron chi connectivity index (χ2n) is 7.06. The van der Waals surface area contributed by atoms with Crippen LogP contribution in [0, 0.1) is 11.7 Å². The monoisotopic (exact) mass is 397 g/mol. The summed E-state index contributed by atoms with van der Waals surface area (Å²) in [5, 5.41) is 0. The summed E-state index contributed by atoms with van der Waals surface area (Å²) >= 11 is 0. The number of hydrogen-bond donors (Lipinski definition) is 0. The molecule has 0 N–H and O–H groups in total. The summed E-state index contributed by atoms with van der Waals surface area (Å²) in [5.74, 6) is -0.640. The molecule has 0 aliphatic carbocycles. The Bertz CT molecular complexity index is 796. The molecular weight excluding hydrogens is 373 g/mol. The largest absolute Gasteiger partial charge is 0.340 e. The lowest BCUT2D eigenvalue weighted by Gasteiger charge is -2.37. The Kier molecular flexibility index (Phi) is 5.81. The normalized spacial score (nSPS) is 19.9. The van der Waals surface area contributed by atoms with Crippen LogP contribution in [0.1, 0.15) is 23.2 Å². The van der Waals surface area contributed by atoms with Crippen molar-refractivity contribution in [2.24, 2.45) is 5.92 Å². The zero-order chi connectivity index (χ0) is 19.6. The minimum atomic E-state index is -3.22. The molecule has 0 aromatic heterocycles. The number of halogens is 1. The number of piperidine rings is 1. The molecule has 2 aliphatic heterocycles.